The highest BCUT2D eigenvalue weighted by molar-refractivity contribution is 9.10. The first kappa shape index (κ1) is 15.0. The summed E-state index contributed by atoms with van der Waals surface area (Å²) in [6.45, 7) is 3.93. The van der Waals surface area contributed by atoms with E-state index in [-0.39, 0.29) is 6.10 Å². The number of hydrogen-bond acceptors (Lipinski definition) is 3. The molecule has 0 saturated heterocycles. The van der Waals surface area contributed by atoms with Gasteiger partial charge in [0.05, 0.1) is 17.5 Å². The Balaban J connectivity index is 2.27. The summed E-state index contributed by atoms with van der Waals surface area (Å²) in [5.41, 5.74) is 8.30. The average molecular weight is 356 g/mol. The van der Waals surface area contributed by atoms with Crippen LogP contribution in [0.5, 0.6) is 5.75 Å². The van der Waals surface area contributed by atoms with Crippen LogP contribution in [0.1, 0.15) is 13.8 Å². The maximum atomic E-state index is 6.00. The smallest absolute Gasteiger partial charge is 0.144 e. The summed E-state index contributed by atoms with van der Waals surface area (Å²) >= 11 is 9.49. The molecule has 3 nitrogen and oxygen atoms in total. The quantitative estimate of drug-likeness (QED) is 0.740. The SMILES string of the molecule is CC(C)Oc1cc(Nc2cc(Cl)ccc2Br)ccc1N. The summed E-state index contributed by atoms with van der Waals surface area (Å²) in [5.74, 6) is 0.670. The fourth-order valence-electron chi connectivity index (χ4n) is 1.72. The fraction of sp³-hybridized carbons (Fsp3) is 0.200. The lowest BCUT2D eigenvalue weighted by molar-refractivity contribution is 0.244. The van der Waals surface area contributed by atoms with Gasteiger partial charge < -0.3 is 15.8 Å². The highest BCUT2D eigenvalue weighted by Crippen LogP contribution is 2.32. The first-order valence-electron chi connectivity index (χ1n) is 6.24. The Labute approximate surface area is 132 Å². The average Bonchev–Trinajstić information content (AvgIpc) is 2.37. The molecule has 0 aliphatic heterocycles. The Morgan fingerprint density at radius 2 is 1.95 bits per heavy atom. The predicted molar refractivity (Wildman–Crippen MR) is 89.1 cm³/mol. The first-order valence-corrected chi connectivity index (χ1v) is 7.41. The highest BCUT2D eigenvalue weighted by Gasteiger charge is 2.06. The van der Waals surface area contributed by atoms with Gasteiger partial charge in [0.1, 0.15) is 5.75 Å². The van der Waals surface area contributed by atoms with Crippen LogP contribution in [0.4, 0.5) is 17.1 Å². The number of anilines is 3. The van der Waals surface area contributed by atoms with Crippen molar-refractivity contribution in [2.75, 3.05) is 11.1 Å². The van der Waals surface area contributed by atoms with Crippen molar-refractivity contribution in [2.45, 2.75) is 20.0 Å². The summed E-state index contributed by atoms with van der Waals surface area (Å²) in [4.78, 5) is 0. The van der Waals surface area contributed by atoms with E-state index in [4.69, 9.17) is 22.1 Å². The minimum atomic E-state index is 0.0745. The number of ether oxygens (including phenoxy) is 1. The molecule has 0 aliphatic rings. The summed E-state index contributed by atoms with van der Waals surface area (Å²) in [6.07, 6.45) is 0.0745. The van der Waals surface area contributed by atoms with E-state index in [2.05, 4.69) is 21.2 Å². The molecule has 20 heavy (non-hydrogen) atoms. The molecule has 0 bridgehead atoms. The van der Waals surface area contributed by atoms with Crippen LogP contribution < -0.4 is 15.8 Å². The lowest BCUT2D eigenvalue weighted by Crippen LogP contribution is -2.07. The number of nitrogen functional groups attached to an aromatic ring is 1. The van der Waals surface area contributed by atoms with Gasteiger partial charge in [-0.2, -0.15) is 0 Å². The number of nitrogens with two attached hydrogens (primary N) is 1. The fourth-order valence-corrected chi connectivity index (χ4v) is 2.23. The number of benzene rings is 2. The van der Waals surface area contributed by atoms with E-state index in [1.807, 2.05) is 50.2 Å². The molecule has 5 heteroatoms. The standard InChI is InChI=1S/C15H16BrClN2O/c1-9(2)20-15-8-11(4-6-13(15)18)19-14-7-10(17)3-5-12(14)16/h3-9,19H,18H2,1-2H3. The van der Waals surface area contributed by atoms with Crippen LogP contribution in [0.25, 0.3) is 0 Å². The Morgan fingerprint density at radius 1 is 1.20 bits per heavy atom. The van der Waals surface area contributed by atoms with E-state index >= 15 is 0 Å². The maximum absolute atomic E-state index is 6.00. The Morgan fingerprint density at radius 3 is 2.65 bits per heavy atom. The molecule has 0 spiro atoms. The van der Waals surface area contributed by atoms with E-state index in [0.29, 0.717) is 16.5 Å². The van der Waals surface area contributed by atoms with Crippen LogP contribution >= 0.6 is 27.5 Å². The zero-order chi connectivity index (χ0) is 14.7. The summed E-state index contributed by atoms with van der Waals surface area (Å²) in [7, 11) is 0. The van der Waals surface area contributed by atoms with Gasteiger partial charge in [-0.25, -0.2) is 0 Å². The minimum absolute atomic E-state index is 0.0745. The number of nitrogens with one attached hydrogen (secondary N) is 1. The molecule has 106 valence electrons. The third-order valence-corrected chi connectivity index (χ3v) is 3.51. The van der Waals surface area contributed by atoms with E-state index in [1.165, 1.54) is 0 Å². The van der Waals surface area contributed by atoms with Crippen molar-refractivity contribution in [3.63, 3.8) is 0 Å². The highest BCUT2D eigenvalue weighted by atomic mass is 79.9. The second-order valence-electron chi connectivity index (χ2n) is 4.67. The third kappa shape index (κ3) is 3.81. The van der Waals surface area contributed by atoms with Crippen molar-refractivity contribution < 1.29 is 4.74 Å². The number of halogens is 2. The lowest BCUT2D eigenvalue weighted by atomic mass is 10.2. The van der Waals surface area contributed by atoms with Crippen LogP contribution in [0.15, 0.2) is 40.9 Å². The molecule has 0 unspecified atom stereocenters. The normalized spacial score (nSPS) is 10.7. The molecule has 0 amide bonds. The second kappa shape index (κ2) is 6.37. The van der Waals surface area contributed by atoms with Gasteiger partial charge in [0.2, 0.25) is 0 Å². The molecule has 0 radical (unpaired) electrons. The first-order chi connectivity index (χ1) is 9.45. The molecule has 0 saturated carbocycles. The van der Waals surface area contributed by atoms with Gasteiger partial charge in [-0.3, -0.25) is 0 Å². The largest absolute Gasteiger partial charge is 0.489 e. The number of hydrogen-bond donors (Lipinski definition) is 2. The molecule has 0 aliphatic carbocycles. The molecular formula is C15H16BrClN2O. The van der Waals surface area contributed by atoms with Gasteiger partial charge in [-0.05, 0) is 60.1 Å². The molecule has 0 fully saturated rings. The van der Waals surface area contributed by atoms with Gasteiger partial charge in [0.25, 0.3) is 0 Å². The van der Waals surface area contributed by atoms with Gasteiger partial charge in [0.15, 0.2) is 0 Å². The Kier molecular flexibility index (Phi) is 4.78. The van der Waals surface area contributed by atoms with E-state index < -0.39 is 0 Å². The van der Waals surface area contributed by atoms with Crippen molar-refractivity contribution in [1.82, 2.24) is 0 Å². The van der Waals surface area contributed by atoms with Crippen LogP contribution in [0.2, 0.25) is 5.02 Å². The topological polar surface area (TPSA) is 47.3 Å². The summed E-state index contributed by atoms with van der Waals surface area (Å²) in [6, 6.07) is 11.2. The molecule has 2 rings (SSSR count). The van der Waals surface area contributed by atoms with Gasteiger partial charge in [-0.1, -0.05) is 11.6 Å². The molecular weight excluding hydrogens is 340 g/mol. The van der Waals surface area contributed by atoms with Gasteiger partial charge in [0, 0.05) is 21.2 Å². The van der Waals surface area contributed by atoms with Gasteiger partial charge in [-0.15, -0.1) is 0 Å². The van der Waals surface area contributed by atoms with Crippen molar-refractivity contribution in [2.24, 2.45) is 0 Å². The lowest BCUT2D eigenvalue weighted by Gasteiger charge is -2.15. The Hall–Kier alpha value is -1.39. The minimum Gasteiger partial charge on any atom is -0.489 e. The van der Waals surface area contributed by atoms with E-state index in [0.717, 1.165) is 15.8 Å². The summed E-state index contributed by atoms with van der Waals surface area (Å²) < 4.78 is 6.61. The zero-order valence-corrected chi connectivity index (χ0v) is 13.6. The van der Waals surface area contributed by atoms with Crippen molar-refractivity contribution in [1.29, 1.82) is 0 Å². The zero-order valence-electron chi connectivity index (χ0n) is 11.3. The number of rotatable bonds is 4. The van der Waals surface area contributed by atoms with Crippen LogP contribution in [0.3, 0.4) is 0 Å². The predicted octanol–water partition coefficient (Wildman–Crippen LogP) is 5.22. The monoisotopic (exact) mass is 354 g/mol. The van der Waals surface area contributed by atoms with Crippen molar-refractivity contribution >= 4 is 44.6 Å². The second-order valence-corrected chi connectivity index (χ2v) is 5.96. The van der Waals surface area contributed by atoms with Crippen LogP contribution in [-0.4, -0.2) is 6.10 Å². The van der Waals surface area contributed by atoms with Crippen molar-refractivity contribution in [3.8, 4) is 5.75 Å². The molecule has 2 aromatic rings. The molecule has 0 aromatic heterocycles. The Bertz CT molecular complexity index is 617. The van der Waals surface area contributed by atoms with E-state index in [9.17, 15) is 0 Å². The van der Waals surface area contributed by atoms with Crippen LogP contribution in [-0.2, 0) is 0 Å². The third-order valence-electron chi connectivity index (χ3n) is 2.58. The molecule has 2 aromatic carbocycles. The van der Waals surface area contributed by atoms with Crippen molar-refractivity contribution in [3.05, 3.63) is 45.9 Å². The van der Waals surface area contributed by atoms with Crippen LogP contribution in [0, 0.1) is 0 Å². The van der Waals surface area contributed by atoms with Gasteiger partial charge >= 0.3 is 0 Å². The molecule has 0 heterocycles. The van der Waals surface area contributed by atoms with E-state index in [1.54, 1.807) is 0 Å². The molecule has 0 atom stereocenters. The molecule has 3 N–H and O–H groups in total. The summed E-state index contributed by atoms with van der Waals surface area (Å²) in [5, 5.41) is 3.96. The maximum Gasteiger partial charge on any atom is 0.144 e.